The van der Waals surface area contributed by atoms with Gasteiger partial charge in [0.1, 0.15) is 11.3 Å². The summed E-state index contributed by atoms with van der Waals surface area (Å²) in [6.45, 7) is 8.94. The maximum Gasteiger partial charge on any atom is 0.412 e. The fourth-order valence-electron chi connectivity index (χ4n) is 1.23. The minimum atomic E-state index is -0.633. The summed E-state index contributed by atoms with van der Waals surface area (Å²) < 4.78 is 5.06. The van der Waals surface area contributed by atoms with Crippen molar-refractivity contribution >= 4 is 11.8 Å². The molecule has 1 aromatic rings. The maximum absolute atomic E-state index is 11.6. The number of aryl methyl sites for hydroxylation is 2. The third-order valence-corrected chi connectivity index (χ3v) is 2.13. The third-order valence-electron chi connectivity index (χ3n) is 2.13. The van der Waals surface area contributed by atoms with Gasteiger partial charge in [-0.25, -0.2) is 4.79 Å². The molecule has 5 nitrogen and oxygen atoms in total. The number of rotatable bonds is 1. The van der Waals surface area contributed by atoms with E-state index in [2.05, 4.69) is 10.3 Å². The molecule has 1 rings (SSSR count). The summed E-state index contributed by atoms with van der Waals surface area (Å²) in [6, 6.07) is 1.62. The summed E-state index contributed by atoms with van der Waals surface area (Å²) in [7, 11) is 0. The van der Waals surface area contributed by atoms with Crippen LogP contribution in [0.15, 0.2) is 10.9 Å². The van der Waals surface area contributed by atoms with Crippen LogP contribution in [0.4, 0.5) is 10.5 Å². The van der Waals surface area contributed by atoms with Gasteiger partial charge >= 0.3 is 6.09 Å². The Morgan fingerprint density at radius 3 is 2.47 bits per heavy atom. The highest BCUT2D eigenvalue weighted by Crippen LogP contribution is 2.10. The smallest absolute Gasteiger partial charge is 0.412 e. The lowest BCUT2D eigenvalue weighted by Gasteiger charge is -2.19. The number of aromatic amines is 1. The zero-order chi connectivity index (χ0) is 13.2. The normalized spacial score (nSPS) is 11.1. The Morgan fingerprint density at radius 1 is 1.35 bits per heavy atom. The molecule has 0 saturated carbocycles. The van der Waals surface area contributed by atoms with Crippen LogP contribution in [-0.4, -0.2) is 16.7 Å². The van der Waals surface area contributed by atoms with Crippen LogP contribution in [-0.2, 0) is 4.74 Å². The maximum atomic E-state index is 11.6. The molecule has 0 saturated heterocycles. The topological polar surface area (TPSA) is 71.2 Å². The summed E-state index contributed by atoms with van der Waals surface area (Å²) in [4.78, 5) is 25.7. The van der Waals surface area contributed by atoms with Gasteiger partial charge in [-0.05, 0) is 46.2 Å². The Morgan fingerprint density at radius 2 is 1.94 bits per heavy atom. The van der Waals surface area contributed by atoms with E-state index in [1.807, 2.05) is 6.92 Å². The van der Waals surface area contributed by atoms with Crippen molar-refractivity contribution in [3.8, 4) is 0 Å². The summed E-state index contributed by atoms with van der Waals surface area (Å²) in [5, 5.41) is 2.43. The average Bonchev–Trinajstić information content (AvgIpc) is 2.11. The van der Waals surface area contributed by atoms with Crippen LogP contribution < -0.4 is 10.9 Å². The predicted molar refractivity (Wildman–Crippen MR) is 66.4 cm³/mol. The van der Waals surface area contributed by atoms with Gasteiger partial charge in [-0.3, -0.25) is 10.1 Å². The number of aromatic nitrogens is 1. The van der Waals surface area contributed by atoms with Crippen molar-refractivity contribution in [2.75, 3.05) is 5.32 Å². The number of carbonyl (C=O) groups excluding carboxylic acids is 1. The van der Waals surface area contributed by atoms with Crippen LogP contribution in [0, 0.1) is 13.8 Å². The molecule has 0 radical (unpaired) electrons. The average molecular weight is 238 g/mol. The number of hydrogen-bond acceptors (Lipinski definition) is 3. The highest BCUT2D eigenvalue weighted by molar-refractivity contribution is 5.84. The summed E-state index contributed by atoms with van der Waals surface area (Å²) in [6.07, 6.45) is -0.633. The van der Waals surface area contributed by atoms with Crippen molar-refractivity contribution in [3.05, 3.63) is 27.7 Å². The SMILES string of the molecule is Cc1cc(NC(=O)OC(C)(C)C)c(=O)[nH]c1C. The van der Waals surface area contributed by atoms with Crippen molar-refractivity contribution in [2.45, 2.75) is 40.2 Å². The van der Waals surface area contributed by atoms with E-state index >= 15 is 0 Å². The molecule has 0 aromatic carbocycles. The molecule has 0 aliphatic carbocycles. The molecule has 1 amide bonds. The second-order valence-corrected chi connectivity index (χ2v) is 4.95. The Labute approximate surface area is 100 Å². The monoisotopic (exact) mass is 238 g/mol. The van der Waals surface area contributed by atoms with Crippen LogP contribution in [0.25, 0.3) is 0 Å². The molecule has 0 bridgehead atoms. The first kappa shape index (κ1) is 13.3. The van der Waals surface area contributed by atoms with Crippen LogP contribution >= 0.6 is 0 Å². The van der Waals surface area contributed by atoms with Crippen molar-refractivity contribution in [3.63, 3.8) is 0 Å². The van der Waals surface area contributed by atoms with E-state index < -0.39 is 11.7 Å². The predicted octanol–water partition coefficient (Wildman–Crippen LogP) is 2.34. The van der Waals surface area contributed by atoms with Gasteiger partial charge in [0.25, 0.3) is 5.56 Å². The molecule has 5 heteroatoms. The number of amides is 1. The van der Waals surface area contributed by atoms with E-state index in [1.165, 1.54) is 0 Å². The summed E-state index contributed by atoms with van der Waals surface area (Å²) in [5.41, 5.74) is 0.957. The van der Waals surface area contributed by atoms with E-state index in [1.54, 1.807) is 33.8 Å². The number of anilines is 1. The molecule has 0 spiro atoms. The first-order chi connectivity index (χ1) is 7.69. The number of carbonyl (C=O) groups is 1. The van der Waals surface area contributed by atoms with Crippen LogP contribution in [0.3, 0.4) is 0 Å². The van der Waals surface area contributed by atoms with Gasteiger partial charge in [0.15, 0.2) is 0 Å². The second-order valence-electron chi connectivity index (χ2n) is 4.95. The lowest BCUT2D eigenvalue weighted by atomic mass is 10.2. The Kier molecular flexibility index (Phi) is 3.60. The number of ether oxygens (including phenoxy) is 1. The van der Waals surface area contributed by atoms with Crippen molar-refractivity contribution in [1.82, 2.24) is 4.98 Å². The largest absolute Gasteiger partial charge is 0.444 e. The molecule has 17 heavy (non-hydrogen) atoms. The zero-order valence-electron chi connectivity index (χ0n) is 10.8. The molecule has 0 fully saturated rings. The van der Waals surface area contributed by atoms with Gasteiger partial charge in [-0.1, -0.05) is 0 Å². The molecular formula is C12H18N2O3. The van der Waals surface area contributed by atoms with Gasteiger partial charge in [0.05, 0.1) is 0 Å². The first-order valence-corrected chi connectivity index (χ1v) is 5.39. The van der Waals surface area contributed by atoms with E-state index in [-0.39, 0.29) is 11.2 Å². The van der Waals surface area contributed by atoms with Gasteiger partial charge in [-0.2, -0.15) is 0 Å². The molecule has 94 valence electrons. The van der Waals surface area contributed by atoms with Crippen molar-refractivity contribution in [2.24, 2.45) is 0 Å². The standard InChI is InChI=1S/C12H18N2O3/c1-7-6-9(10(15)13-8(7)2)14-11(16)17-12(3,4)5/h6H,1-5H3,(H,13,15)(H,14,16). The lowest BCUT2D eigenvalue weighted by molar-refractivity contribution is 0.0635. The molecule has 0 unspecified atom stereocenters. The zero-order valence-corrected chi connectivity index (χ0v) is 10.8. The van der Waals surface area contributed by atoms with E-state index in [4.69, 9.17) is 4.74 Å². The first-order valence-electron chi connectivity index (χ1n) is 5.39. The van der Waals surface area contributed by atoms with Gasteiger partial charge in [0.2, 0.25) is 0 Å². The van der Waals surface area contributed by atoms with Crippen LogP contribution in [0.2, 0.25) is 0 Å². The van der Waals surface area contributed by atoms with Gasteiger partial charge < -0.3 is 9.72 Å². The van der Waals surface area contributed by atoms with Gasteiger partial charge in [0, 0.05) is 5.69 Å². The Bertz CT molecular complexity index is 484. The molecule has 1 heterocycles. The highest BCUT2D eigenvalue weighted by atomic mass is 16.6. The van der Waals surface area contributed by atoms with Crippen molar-refractivity contribution < 1.29 is 9.53 Å². The van der Waals surface area contributed by atoms with E-state index in [0.29, 0.717) is 0 Å². The molecule has 0 atom stereocenters. The van der Waals surface area contributed by atoms with Gasteiger partial charge in [-0.15, -0.1) is 0 Å². The van der Waals surface area contributed by atoms with Crippen LogP contribution in [0.1, 0.15) is 32.0 Å². The summed E-state index contributed by atoms with van der Waals surface area (Å²) in [5.74, 6) is 0. The van der Waals surface area contributed by atoms with E-state index in [0.717, 1.165) is 11.3 Å². The molecule has 1 aromatic heterocycles. The fraction of sp³-hybridized carbons (Fsp3) is 0.500. The minimum Gasteiger partial charge on any atom is -0.444 e. The minimum absolute atomic E-state index is 0.197. The Hall–Kier alpha value is -1.78. The fourth-order valence-corrected chi connectivity index (χ4v) is 1.23. The lowest BCUT2D eigenvalue weighted by Crippen LogP contribution is -2.29. The molecule has 0 aliphatic heterocycles. The Balaban J connectivity index is 2.86. The summed E-state index contributed by atoms with van der Waals surface area (Å²) >= 11 is 0. The second kappa shape index (κ2) is 4.61. The number of H-pyrrole nitrogens is 1. The van der Waals surface area contributed by atoms with Crippen LogP contribution in [0.5, 0.6) is 0 Å². The highest BCUT2D eigenvalue weighted by Gasteiger charge is 2.17. The quantitative estimate of drug-likeness (QED) is 0.788. The number of hydrogen-bond donors (Lipinski definition) is 2. The van der Waals surface area contributed by atoms with Crippen molar-refractivity contribution in [1.29, 1.82) is 0 Å². The molecule has 0 aliphatic rings. The molecular weight excluding hydrogens is 220 g/mol. The third kappa shape index (κ3) is 3.94. The number of nitrogens with one attached hydrogen (secondary N) is 2. The molecule has 2 N–H and O–H groups in total. The van der Waals surface area contributed by atoms with E-state index in [9.17, 15) is 9.59 Å². The number of pyridine rings is 1.